The molecule has 2 rings (SSSR count). The molecule has 5 heteroatoms. The van der Waals surface area contributed by atoms with Crippen molar-refractivity contribution in [3.05, 3.63) is 41.1 Å². The van der Waals surface area contributed by atoms with E-state index in [1.807, 2.05) is 12.1 Å². The molecular weight excluding hydrogens is 320 g/mol. The van der Waals surface area contributed by atoms with Crippen molar-refractivity contribution in [2.24, 2.45) is 0 Å². The second-order valence-electron chi connectivity index (χ2n) is 6.75. The minimum Gasteiger partial charge on any atom is -0.355 e. The molecule has 24 heavy (non-hydrogen) atoms. The van der Waals surface area contributed by atoms with Crippen LogP contribution in [-0.2, 0) is 5.41 Å². The van der Waals surface area contributed by atoms with Gasteiger partial charge in [-0.1, -0.05) is 57.1 Å². The fraction of sp³-hybridized carbons (Fsp3) is 0.474. The Hall–Kier alpha value is -1.75. The maximum atomic E-state index is 12.5. The van der Waals surface area contributed by atoms with Gasteiger partial charge in [0.05, 0.1) is 5.69 Å². The number of hydrogen-bond donors (Lipinski definition) is 1. The van der Waals surface area contributed by atoms with Gasteiger partial charge in [0, 0.05) is 17.9 Å². The van der Waals surface area contributed by atoms with Crippen molar-refractivity contribution in [2.75, 3.05) is 18.1 Å². The summed E-state index contributed by atoms with van der Waals surface area (Å²) in [7, 11) is 0. The average Bonchev–Trinajstić information content (AvgIpc) is 2.92. The molecule has 130 valence electrons. The summed E-state index contributed by atoms with van der Waals surface area (Å²) < 4.78 is 5.44. The van der Waals surface area contributed by atoms with E-state index in [2.05, 4.69) is 50.3 Å². The van der Waals surface area contributed by atoms with E-state index in [0.29, 0.717) is 23.6 Å². The van der Waals surface area contributed by atoms with Crippen molar-refractivity contribution in [3.8, 4) is 11.3 Å². The van der Waals surface area contributed by atoms with E-state index < -0.39 is 0 Å². The number of thioether (sulfide) groups is 1. The fourth-order valence-electron chi connectivity index (χ4n) is 2.43. The lowest BCUT2D eigenvalue weighted by atomic mass is 9.86. The SMILES string of the molecule is CCSCCNC(=O)c1c(C)noc1-c1ccc(C(C)(C)C)cc1. The summed E-state index contributed by atoms with van der Waals surface area (Å²) in [5.74, 6) is 2.37. The van der Waals surface area contributed by atoms with Gasteiger partial charge in [0.15, 0.2) is 5.76 Å². The highest BCUT2D eigenvalue weighted by Crippen LogP contribution is 2.29. The van der Waals surface area contributed by atoms with Crippen LogP contribution in [0.25, 0.3) is 11.3 Å². The smallest absolute Gasteiger partial charge is 0.257 e. The van der Waals surface area contributed by atoms with Gasteiger partial charge >= 0.3 is 0 Å². The summed E-state index contributed by atoms with van der Waals surface area (Å²) in [6, 6.07) is 8.13. The van der Waals surface area contributed by atoms with Crippen LogP contribution in [0.1, 0.15) is 49.3 Å². The van der Waals surface area contributed by atoms with Crippen LogP contribution in [0.2, 0.25) is 0 Å². The molecule has 0 aliphatic carbocycles. The summed E-state index contributed by atoms with van der Waals surface area (Å²) in [4.78, 5) is 12.5. The molecule has 0 bridgehead atoms. The molecule has 0 saturated carbocycles. The largest absolute Gasteiger partial charge is 0.355 e. The molecule has 1 amide bonds. The number of amides is 1. The number of carbonyl (C=O) groups excluding carboxylic acids is 1. The molecule has 0 fully saturated rings. The third kappa shape index (κ3) is 4.41. The van der Waals surface area contributed by atoms with Crippen molar-refractivity contribution < 1.29 is 9.32 Å². The van der Waals surface area contributed by atoms with Gasteiger partial charge in [0.1, 0.15) is 5.56 Å². The zero-order valence-corrected chi connectivity index (χ0v) is 15.9. The monoisotopic (exact) mass is 346 g/mol. The number of nitrogens with zero attached hydrogens (tertiary/aromatic N) is 1. The first-order valence-electron chi connectivity index (χ1n) is 8.27. The molecule has 0 unspecified atom stereocenters. The van der Waals surface area contributed by atoms with Gasteiger partial charge in [-0.05, 0) is 23.7 Å². The van der Waals surface area contributed by atoms with E-state index in [-0.39, 0.29) is 11.3 Å². The van der Waals surface area contributed by atoms with Crippen LogP contribution >= 0.6 is 11.8 Å². The quantitative estimate of drug-likeness (QED) is 0.786. The molecule has 1 aromatic heterocycles. The summed E-state index contributed by atoms with van der Waals surface area (Å²) in [5, 5.41) is 6.94. The Bertz CT molecular complexity index is 684. The Kier molecular flexibility index (Phi) is 6.10. The topological polar surface area (TPSA) is 55.1 Å². The molecule has 0 aliphatic rings. The lowest BCUT2D eigenvalue weighted by molar-refractivity contribution is 0.0956. The second kappa shape index (κ2) is 7.88. The zero-order valence-electron chi connectivity index (χ0n) is 15.1. The van der Waals surface area contributed by atoms with Crippen molar-refractivity contribution >= 4 is 17.7 Å². The highest BCUT2D eigenvalue weighted by molar-refractivity contribution is 7.99. The number of benzene rings is 1. The molecule has 0 spiro atoms. The van der Waals surface area contributed by atoms with Crippen LogP contribution in [-0.4, -0.2) is 29.1 Å². The Morgan fingerprint density at radius 2 is 1.92 bits per heavy atom. The Morgan fingerprint density at radius 3 is 2.50 bits per heavy atom. The number of aromatic nitrogens is 1. The molecule has 4 nitrogen and oxygen atoms in total. The van der Waals surface area contributed by atoms with Crippen LogP contribution < -0.4 is 5.32 Å². The van der Waals surface area contributed by atoms with Gasteiger partial charge < -0.3 is 9.84 Å². The second-order valence-corrected chi connectivity index (χ2v) is 8.15. The predicted octanol–water partition coefficient (Wildman–Crippen LogP) is 4.43. The lowest BCUT2D eigenvalue weighted by Crippen LogP contribution is -2.26. The summed E-state index contributed by atoms with van der Waals surface area (Å²) in [5.41, 5.74) is 3.35. The molecular formula is C19H26N2O2S. The summed E-state index contributed by atoms with van der Waals surface area (Å²) in [6.07, 6.45) is 0. The van der Waals surface area contributed by atoms with Crippen LogP contribution in [0.5, 0.6) is 0 Å². The average molecular weight is 346 g/mol. The van der Waals surface area contributed by atoms with Crippen LogP contribution in [0.15, 0.2) is 28.8 Å². The maximum absolute atomic E-state index is 12.5. The van der Waals surface area contributed by atoms with E-state index in [0.717, 1.165) is 17.1 Å². The van der Waals surface area contributed by atoms with E-state index >= 15 is 0 Å². The molecule has 0 aliphatic heterocycles. The third-order valence-corrected chi connectivity index (χ3v) is 4.74. The number of hydrogen-bond acceptors (Lipinski definition) is 4. The maximum Gasteiger partial charge on any atom is 0.257 e. The standard InChI is InChI=1S/C19H26N2O2S/c1-6-24-12-11-20-18(22)16-13(2)21-23-17(16)14-7-9-15(10-8-14)19(3,4)5/h7-10H,6,11-12H2,1-5H3,(H,20,22). The van der Waals surface area contributed by atoms with Crippen LogP contribution in [0.4, 0.5) is 0 Å². The van der Waals surface area contributed by atoms with Gasteiger partial charge in [-0.25, -0.2) is 0 Å². The van der Waals surface area contributed by atoms with Crippen molar-refractivity contribution in [1.82, 2.24) is 10.5 Å². The Labute approximate surface area is 148 Å². The predicted molar refractivity (Wildman–Crippen MR) is 101 cm³/mol. The number of carbonyl (C=O) groups is 1. The Balaban J connectivity index is 2.21. The Morgan fingerprint density at radius 1 is 1.25 bits per heavy atom. The molecule has 0 radical (unpaired) electrons. The highest BCUT2D eigenvalue weighted by atomic mass is 32.2. The first kappa shape index (κ1) is 18.6. The lowest BCUT2D eigenvalue weighted by Gasteiger charge is -2.18. The summed E-state index contributed by atoms with van der Waals surface area (Å²) in [6.45, 7) is 11.1. The number of rotatable bonds is 6. The number of aryl methyl sites for hydroxylation is 1. The van der Waals surface area contributed by atoms with E-state index in [4.69, 9.17) is 4.52 Å². The van der Waals surface area contributed by atoms with E-state index in [1.54, 1.807) is 18.7 Å². The minimum absolute atomic E-state index is 0.0903. The van der Waals surface area contributed by atoms with Gasteiger partial charge in [-0.3, -0.25) is 4.79 Å². The van der Waals surface area contributed by atoms with Crippen LogP contribution in [0.3, 0.4) is 0 Å². The normalized spacial score (nSPS) is 11.5. The summed E-state index contributed by atoms with van der Waals surface area (Å²) >= 11 is 1.80. The van der Waals surface area contributed by atoms with Gasteiger partial charge in [0.2, 0.25) is 0 Å². The molecule has 0 atom stereocenters. The highest BCUT2D eigenvalue weighted by Gasteiger charge is 2.22. The molecule has 2 aromatic rings. The van der Waals surface area contributed by atoms with Crippen molar-refractivity contribution in [1.29, 1.82) is 0 Å². The van der Waals surface area contributed by atoms with Crippen molar-refractivity contribution in [3.63, 3.8) is 0 Å². The van der Waals surface area contributed by atoms with E-state index in [1.165, 1.54) is 5.56 Å². The zero-order chi connectivity index (χ0) is 17.7. The van der Waals surface area contributed by atoms with Gasteiger partial charge in [-0.2, -0.15) is 11.8 Å². The third-order valence-electron chi connectivity index (χ3n) is 3.84. The minimum atomic E-state index is -0.125. The van der Waals surface area contributed by atoms with E-state index in [9.17, 15) is 4.79 Å². The molecule has 1 heterocycles. The fourth-order valence-corrected chi connectivity index (χ4v) is 2.96. The van der Waals surface area contributed by atoms with Crippen molar-refractivity contribution in [2.45, 2.75) is 40.0 Å². The van der Waals surface area contributed by atoms with Crippen LogP contribution in [0, 0.1) is 6.92 Å². The molecule has 0 saturated heterocycles. The molecule has 1 N–H and O–H groups in total. The van der Waals surface area contributed by atoms with Gasteiger partial charge in [0.25, 0.3) is 5.91 Å². The van der Waals surface area contributed by atoms with Gasteiger partial charge in [-0.15, -0.1) is 0 Å². The first-order valence-corrected chi connectivity index (χ1v) is 9.43. The number of nitrogens with one attached hydrogen (secondary N) is 1. The molecule has 1 aromatic carbocycles. The first-order chi connectivity index (χ1) is 11.3.